The molecule has 0 bridgehead atoms. The molecule has 4 aromatic rings. The topological polar surface area (TPSA) is 23.8 Å². The van der Waals surface area contributed by atoms with Gasteiger partial charge < -0.3 is 0 Å². The van der Waals surface area contributed by atoms with Crippen LogP contribution in [0.15, 0.2) is 91.0 Å². The predicted octanol–water partition coefficient (Wildman–Crippen LogP) is 6.05. The maximum atomic E-state index is 8.90. The summed E-state index contributed by atoms with van der Waals surface area (Å²) in [5, 5.41) is 11.4. The molecule has 0 aliphatic carbocycles. The van der Waals surface area contributed by atoms with Crippen LogP contribution in [0.5, 0.6) is 0 Å². The molecule has 0 aromatic heterocycles. The van der Waals surface area contributed by atoms with Crippen molar-refractivity contribution in [1.29, 1.82) is 5.26 Å². The minimum Gasteiger partial charge on any atom is -0.192 e. The van der Waals surface area contributed by atoms with Crippen molar-refractivity contribution in [2.45, 2.75) is 0 Å². The molecule has 0 aliphatic rings. The van der Waals surface area contributed by atoms with Crippen molar-refractivity contribution in [2.75, 3.05) is 0 Å². The fourth-order valence-electron chi connectivity index (χ4n) is 3.06. The normalized spacial score (nSPS) is 10.5. The lowest BCUT2D eigenvalue weighted by Crippen LogP contribution is -1.83. The van der Waals surface area contributed by atoms with E-state index in [1.54, 1.807) is 0 Å². The van der Waals surface area contributed by atoms with Gasteiger partial charge in [0, 0.05) is 0 Å². The first-order valence-corrected chi connectivity index (χ1v) is 7.94. The second kappa shape index (κ2) is 6.02. The second-order valence-electron chi connectivity index (χ2n) is 5.79. The molecule has 24 heavy (non-hydrogen) atoms. The summed E-state index contributed by atoms with van der Waals surface area (Å²) in [5.74, 6) is 0. The zero-order chi connectivity index (χ0) is 16.4. The van der Waals surface area contributed by atoms with E-state index in [9.17, 15) is 0 Å². The van der Waals surface area contributed by atoms with Gasteiger partial charge >= 0.3 is 0 Å². The molecule has 0 N–H and O–H groups in total. The van der Waals surface area contributed by atoms with E-state index < -0.39 is 0 Å². The van der Waals surface area contributed by atoms with Crippen LogP contribution in [0.25, 0.3) is 33.0 Å². The van der Waals surface area contributed by atoms with E-state index in [1.807, 2.05) is 24.3 Å². The third-order valence-electron chi connectivity index (χ3n) is 4.33. The molecule has 0 amide bonds. The highest BCUT2D eigenvalue weighted by molar-refractivity contribution is 5.96. The van der Waals surface area contributed by atoms with Gasteiger partial charge in [-0.15, -0.1) is 0 Å². The molecule has 0 radical (unpaired) electrons. The molecule has 4 rings (SSSR count). The molecule has 1 heteroatoms. The average molecular weight is 305 g/mol. The van der Waals surface area contributed by atoms with E-state index in [4.69, 9.17) is 5.26 Å². The third kappa shape index (κ3) is 2.55. The standard InChI is InChI=1S/C23H15N/c24-16-17-8-10-18(11-9-17)19-12-14-21(15-13-19)23-7-3-5-20-4-1-2-6-22(20)23/h1-15H. The molecule has 0 spiro atoms. The summed E-state index contributed by atoms with van der Waals surface area (Å²) < 4.78 is 0. The van der Waals surface area contributed by atoms with Crippen LogP contribution in [0.2, 0.25) is 0 Å². The number of nitrogens with zero attached hydrogens (tertiary/aromatic N) is 1. The summed E-state index contributed by atoms with van der Waals surface area (Å²) in [5.41, 5.74) is 5.43. The molecular weight excluding hydrogens is 290 g/mol. The highest BCUT2D eigenvalue weighted by Gasteiger charge is 2.04. The zero-order valence-corrected chi connectivity index (χ0v) is 13.1. The summed E-state index contributed by atoms with van der Waals surface area (Å²) in [6.07, 6.45) is 0. The van der Waals surface area contributed by atoms with Crippen LogP contribution in [-0.2, 0) is 0 Å². The Morgan fingerprint density at radius 3 is 1.83 bits per heavy atom. The van der Waals surface area contributed by atoms with Crippen molar-refractivity contribution >= 4 is 10.8 Å². The number of hydrogen-bond acceptors (Lipinski definition) is 1. The lowest BCUT2D eigenvalue weighted by Gasteiger charge is -2.08. The molecule has 0 fully saturated rings. The van der Waals surface area contributed by atoms with Crippen LogP contribution in [0.3, 0.4) is 0 Å². The molecule has 0 saturated carbocycles. The second-order valence-corrected chi connectivity index (χ2v) is 5.79. The Hall–Kier alpha value is -3.37. The van der Waals surface area contributed by atoms with E-state index in [2.05, 4.69) is 72.8 Å². The maximum absolute atomic E-state index is 8.90. The van der Waals surface area contributed by atoms with Crippen molar-refractivity contribution in [1.82, 2.24) is 0 Å². The first kappa shape index (κ1) is 14.2. The Bertz CT molecular complexity index is 1030. The van der Waals surface area contributed by atoms with Crippen molar-refractivity contribution in [3.63, 3.8) is 0 Å². The fraction of sp³-hybridized carbons (Fsp3) is 0. The smallest absolute Gasteiger partial charge is 0.0991 e. The summed E-state index contributed by atoms with van der Waals surface area (Å²) in [6.45, 7) is 0. The average Bonchev–Trinajstić information content (AvgIpc) is 2.68. The molecule has 0 saturated heterocycles. The number of benzene rings is 4. The highest BCUT2D eigenvalue weighted by Crippen LogP contribution is 2.30. The quantitative estimate of drug-likeness (QED) is 0.442. The van der Waals surface area contributed by atoms with E-state index >= 15 is 0 Å². The summed E-state index contributed by atoms with van der Waals surface area (Å²) in [6, 6.07) is 33.3. The van der Waals surface area contributed by atoms with Gasteiger partial charge in [-0.2, -0.15) is 5.26 Å². The lowest BCUT2D eigenvalue weighted by atomic mass is 9.96. The van der Waals surface area contributed by atoms with Gasteiger partial charge in [0.25, 0.3) is 0 Å². The summed E-state index contributed by atoms with van der Waals surface area (Å²) in [7, 11) is 0. The zero-order valence-electron chi connectivity index (χ0n) is 13.1. The third-order valence-corrected chi connectivity index (χ3v) is 4.33. The Morgan fingerprint density at radius 2 is 1.12 bits per heavy atom. The Morgan fingerprint density at radius 1 is 0.542 bits per heavy atom. The molecule has 112 valence electrons. The van der Waals surface area contributed by atoms with Crippen molar-refractivity contribution in [3.8, 4) is 28.3 Å². The van der Waals surface area contributed by atoms with Gasteiger partial charge in [-0.25, -0.2) is 0 Å². The molecule has 0 unspecified atom stereocenters. The van der Waals surface area contributed by atoms with Gasteiger partial charge in [-0.05, 0) is 45.2 Å². The number of fused-ring (bicyclic) bond motifs is 1. The lowest BCUT2D eigenvalue weighted by molar-refractivity contribution is 1.48. The minimum atomic E-state index is 0.686. The number of rotatable bonds is 2. The van der Waals surface area contributed by atoms with Crippen LogP contribution >= 0.6 is 0 Å². The van der Waals surface area contributed by atoms with Gasteiger partial charge in [-0.1, -0.05) is 78.9 Å². The molecule has 1 nitrogen and oxygen atoms in total. The minimum absolute atomic E-state index is 0.686. The number of hydrogen-bond donors (Lipinski definition) is 0. The van der Waals surface area contributed by atoms with E-state index in [-0.39, 0.29) is 0 Å². The SMILES string of the molecule is N#Cc1ccc(-c2ccc(-c3cccc4ccccc34)cc2)cc1. The largest absolute Gasteiger partial charge is 0.192 e. The fourth-order valence-corrected chi connectivity index (χ4v) is 3.06. The predicted molar refractivity (Wildman–Crippen MR) is 99.5 cm³/mol. The van der Waals surface area contributed by atoms with Gasteiger partial charge in [0.15, 0.2) is 0 Å². The Kier molecular flexibility index (Phi) is 3.57. The van der Waals surface area contributed by atoms with Crippen molar-refractivity contribution < 1.29 is 0 Å². The highest BCUT2D eigenvalue weighted by atomic mass is 14.2. The monoisotopic (exact) mass is 305 g/mol. The Balaban J connectivity index is 1.74. The van der Waals surface area contributed by atoms with Crippen LogP contribution < -0.4 is 0 Å². The Labute approximate surface area is 141 Å². The first-order chi connectivity index (χ1) is 11.8. The van der Waals surface area contributed by atoms with Crippen LogP contribution in [-0.4, -0.2) is 0 Å². The van der Waals surface area contributed by atoms with Crippen molar-refractivity contribution in [3.05, 3.63) is 96.6 Å². The van der Waals surface area contributed by atoms with E-state index in [0.29, 0.717) is 5.56 Å². The van der Waals surface area contributed by atoms with Crippen LogP contribution in [0, 0.1) is 11.3 Å². The van der Waals surface area contributed by atoms with Crippen LogP contribution in [0.1, 0.15) is 5.56 Å². The number of nitriles is 1. The van der Waals surface area contributed by atoms with Crippen molar-refractivity contribution in [2.24, 2.45) is 0 Å². The molecular formula is C23H15N. The maximum Gasteiger partial charge on any atom is 0.0991 e. The van der Waals surface area contributed by atoms with Gasteiger partial charge in [0.2, 0.25) is 0 Å². The van der Waals surface area contributed by atoms with E-state index in [1.165, 1.54) is 21.9 Å². The molecule has 0 heterocycles. The molecule has 0 atom stereocenters. The molecule has 4 aromatic carbocycles. The van der Waals surface area contributed by atoms with Gasteiger partial charge in [0.1, 0.15) is 0 Å². The first-order valence-electron chi connectivity index (χ1n) is 7.94. The van der Waals surface area contributed by atoms with E-state index in [0.717, 1.165) is 11.1 Å². The van der Waals surface area contributed by atoms with Gasteiger partial charge in [0.05, 0.1) is 11.6 Å². The van der Waals surface area contributed by atoms with Crippen LogP contribution in [0.4, 0.5) is 0 Å². The molecule has 0 aliphatic heterocycles. The summed E-state index contributed by atoms with van der Waals surface area (Å²) in [4.78, 5) is 0. The van der Waals surface area contributed by atoms with Gasteiger partial charge in [-0.3, -0.25) is 0 Å². The summed E-state index contributed by atoms with van der Waals surface area (Å²) >= 11 is 0.